The fraction of sp³-hybridized carbons (Fsp3) is 0.217. The summed E-state index contributed by atoms with van der Waals surface area (Å²) in [6.07, 6.45) is 3.95. The molecule has 0 saturated carbocycles. The fourth-order valence-electron chi connectivity index (χ4n) is 3.88. The van der Waals surface area contributed by atoms with Gasteiger partial charge in [0, 0.05) is 37.1 Å². The largest absolute Gasteiger partial charge is 0.341 e. The number of carbonyl (C=O) groups is 1. The lowest BCUT2D eigenvalue weighted by Crippen LogP contribution is -2.30. The predicted molar refractivity (Wildman–Crippen MR) is 120 cm³/mol. The van der Waals surface area contributed by atoms with Crippen molar-refractivity contribution in [3.8, 4) is 0 Å². The second-order valence-electron chi connectivity index (χ2n) is 7.68. The molecule has 9 heteroatoms. The SMILES string of the molecule is CN(CCc1cccnc1)C(=O)c1cccc2c1C(S(=O)(=O)c1ccccc1)CS2(=O)=O. The van der Waals surface area contributed by atoms with Gasteiger partial charge in [0.15, 0.2) is 19.7 Å². The second-order valence-corrected chi connectivity index (χ2v) is 11.8. The molecule has 0 bridgehead atoms. The van der Waals surface area contributed by atoms with Gasteiger partial charge in [-0.05, 0) is 42.3 Å². The van der Waals surface area contributed by atoms with Gasteiger partial charge < -0.3 is 4.90 Å². The van der Waals surface area contributed by atoms with Gasteiger partial charge in [0.2, 0.25) is 0 Å². The van der Waals surface area contributed by atoms with Crippen molar-refractivity contribution in [1.29, 1.82) is 0 Å². The average Bonchev–Trinajstić information content (AvgIpc) is 3.10. The van der Waals surface area contributed by atoms with E-state index in [4.69, 9.17) is 0 Å². The molecule has 166 valence electrons. The van der Waals surface area contributed by atoms with Crippen molar-refractivity contribution >= 4 is 25.6 Å². The van der Waals surface area contributed by atoms with Gasteiger partial charge in [0.25, 0.3) is 5.91 Å². The number of pyridine rings is 1. The molecule has 1 aromatic heterocycles. The van der Waals surface area contributed by atoms with Gasteiger partial charge in [-0.2, -0.15) is 0 Å². The van der Waals surface area contributed by atoms with Crippen molar-refractivity contribution < 1.29 is 21.6 Å². The molecule has 1 atom stereocenters. The van der Waals surface area contributed by atoms with E-state index in [1.54, 1.807) is 37.6 Å². The van der Waals surface area contributed by atoms with Crippen molar-refractivity contribution in [2.24, 2.45) is 0 Å². The Bertz CT molecular complexity index is 1360. The summed E-state index contributed by atoms with van der Waals surface area (Å²) >= 11 is 0. The van der Waals surface area contributed by atoms with Crippen LogP contribution in [0.1, 0.15) is 26.7 Å². The summed E-state index contributed by atoms with van der Waals surface area (Å²) in [6, 6.07) is 15.8. The number of fused-ring (bicyclic) bond motifs is 1. The molecule has 0 radical (unpaired) electrons. The summed E-state index contributed by atoms with van der Waals surface area (Å²) in [5, 5.41) is -1.34. The highest BCUT2D eigenvalue weighted by atomic mass is 32.2. The zero-order chi connectivity index (χ0) is 22.9. The van der Waals surface area contributed by atoms with E-state index in [9.17, 15) is 21.6 Å². The minimum Gasteiger partial charge on any atom is -0.341 e. The Morgan fingerprint density at radius 3 is 2.50 bits per heavy atom. The van der Waals surface area contributed by atoms with Crippen LogP contribution in [0, 0.1) is 0 Å². The van der Waals surface area contributed by atoms with E-state index in [0.717, 1.165) is 5.56 Å². The second kappa shape index (κ2) is 8.48. The van der Waals surface area contributed by atoms with Gasteiger partial charge in [-0.25, -0.2) is 16.8 Å². The minimum atomic E-state index is -4.02. The maximum Gasteiger partial charge on any atom is 0.253 e. The summed E-state index contributed by atoms with van der Waals surface area (Å²) in [5.41, 5.74) is 1.12. The van der Waals surface area contributed by atoms with Crippen LogP contribution in [-0.4, -0.2) is 52.0 Å². The molecule has 0 N–H and O–H groups in total. The third kappa shape index (κ3) is 4.05. The summed E-state index contributed by atoms with van der Waals surface area (Å²) in [6.45, 7) is 0.372. The van der Waals surface area contributed by atoms with Crippen LogP contribution in [0.25, 0.3) is 0 Å². The maximum atomic E-state index is 13.3. The monoisotopic (exact) mass is 470 g/mol. The highest BCUT2D eigenvalue weighted by molar-refractivity contribution is 7.96. The number of benzene rings is 2. The van der Waals surface area contributed by atoms with Crippen LogP contribution in [0.2, 0.25) is 0 Å². The smallest absolute Gasteiger partial charge is 0.253 e. The highest BCUT2D eigenvalue weighted by Crippen LogP contribution is 2.43. The lowest BCUT2D eigenvalue weighted by molar-refractivity contribution is 0.0795. The molecule has 1 aliphatic rings. The van der Waals surface area contributed by atoms with Crippen LogP contribution in [0.3, 0.4) is 0 Å². The Balaban J connectivity index is 1.72. The first-order valence-electron chi connectivity index (χ1n) is 10.0. The molecule has 32 heavy (non-hydrogen) atoms. The van der Waals surface area contributed by atoms with Crippen molar-refractivity contribution in [3.63, 3.8) is 0 Å². The Morgan fingerprint density at radius 2 is 1.81 bits per heavy atom. The number of likely N-dealkylation sites (N-methyl/N-ethyl adjacent to an activating group) is 1. The molecule has 1 aliphatic heterocycles. The molecule has 0 spiro atoms. The van der Waals surface area contributed by atoms with E-state index in [1.807, 2.05) is 12.1 Å². The van der Waals surface area contributed by atoms with Crippen molar-refractivity contribution in [1.82, 2.24) is 9.88 Å². The standard InChI is InChI=1S/C23H22N2O5S2/c1-25(14-12-17-7-6-13-24-15-17)23(26)19-10-5-11-20-22(19)21(16-31(20,27)28)32(29,30)18-8-3-2-4-9-18/h2-11,13,15,21H,12,14,16H2,1H3. The molecule has 4 rings (SSSR count). The Hall–Kier alpha value is -3.04. The number of hydrogen-bond donors (Lipinski definition) is 0. The first-order valence-corrected chi connectivity index (χ1v) is 13.2. The van der Waals surface area contributed by atoms with Crippen LogP contribution < -0.4 is 0 Å². The lowest BCUT2D eigenvalue weighted by atomic mass is 10.0. The third-order valence-electron chi connectivity index (χ3n) is 5.58. The third-order valence-corrected chi connectivity index (χ3v) is 9.67. The number of carbonyl (C=O) groups excluding carboxylic acids is 1. The number of rotatable bonds is 6. The molecule has 7 nitrogen and oxygen atoms in total. The fourth-order valence-corrected chi connectivity index (χ4v) is 8.25. The Morgan fingerprint density at radius 1 is 1.06 bits per heavy atom. The molecular formula is C23H22N2O5S2. The number of sulfone groups is 2. The summed E-state index contributed by atoms with van der Waals surface area (Å²) in [5.74, 6) is -1.00. The quantitative estimate of drug-likeness (QED) is 0.549. The van der Waals surface area contributed by atoms with Crippen molar-refractivity contribution in [2.45, 2.75) is 21.5 Å². The van der Waals surface area contributed by atoms with Crippen LogP contribution in [0.5, 0.6) is 0 Å². The molecule has 0 saturated heterocycles. The topological polar surface area (TPSA) is 101 Å². The van der Waals surface area contributed by atoms with Gasteiger partial charge in [-0.15, -0.1) is 0 Å². The zero-order valence-corrected chi connectivity index (χ0v) is 19.0. The van der Waals surface area contributed by atoms with Crippen LogP contribution >= 0.6 is 0 Å². The molecule has 1 unspecified atom stereocenters. The molecule has 2 heterocycles. The van der Waals surface area contributed by atoms with Crippen LogP contribution in [0.4, 0.5) is 0 Å². The number of hydrogen-bond acceptors (Lipinski definition) is 6. The Kier molecular flexibility index (Phi) is 5.87. The number of aromatic nitrogens is 1. The van der Waals surface area contributed by atoms with Crippen molar-refractivity contribution in [2.75, 3.05) is 19.3 Å². The van der Waals surface area contributed by atoms with Gasteiger partial charge >= 0.3 is 0 Å². The first kappa shape index (κ1) is 22.2. The predicted octanol–water partition coefficient (Wildman–Crippen LogP) is 2.70. The van der Waals surface area contributed by atoms with E-state index in [-0.39, 0.29) is 20.9 Å². The molecular weight excluding hydrogens is 448 g/mol. The summed E-state index contributed by atoms with van der Waals surface area (Å²) in [7, 11) is -6.25. The molecule has 0 aliphatic carbocycles. The Labute approximate surface area is 187 Å². The molecule has 3 aromatic rings. The van der Waals surface area contributed by atoms with E-state index in [2.05, 4.69) is 4.98 Å². The van der Waals surface area contributed by atoms with E-state index in [1.165, 1.54) is 35.2 Å². The van der Waals surface area contributed by atoms with E-state index < -0.39 is 36.6 Å². The summed E-state index contributed by atoms with van der Waals surface area (Å²) in [4.78, 5) is 18.7. The highest BCUT2D eigenvalue weighted by Gasteiger charge is 2.45. The summed E-state index contributed by atoms with van der Waals surface area (Å²) < 4.78 is 52.3. The van der Waals surface area contributed by atoms with E-state index in [0.29, 0.717) is 13.0 Å². The minimum absolute atomic E-state index is 0.0280. The lowest BCUT2D eigenvalue weighted by Gasteiger charge is -2.21. The molecule has 1 amide bonds. The van der Waals surface area contributed by atoms with Gasteiger partial charge in [-0.3, -0.25) is 9.78 Å². The van der Waals surface area contributed by atoms with Crippen LogP contribution in [-0.2, 0) is 26.1 Å². The van der Waals surface area contributed by atoms with Gasteiger partial charge in [0.1, 0.15) is 5.25 Å². The van der Waals surface area contributed by atoms with Gasteiger partial charge in [0.05, 0.1) is 15.5 Å². The zero-order valence-electron chi connectivity index (χ0n) is 17.4. The molecule has 2 aromatic carbocycles. The normalized spacial score (nSPS) is 17.0. The molecule has 0 fully saturated rings. The first-order chi connectivity index (χ1) is 15.2. The average molecular weight is 471 g/mol. The number of nitrogens with zero attached hydrogens (tertiary/aromatic N) is 2. The van der Waals surface area contributed by atoms with E-state index >= 15 is 0 Å². The van der Waals surface area contributed by atoms with Crippen molar-refractivity contribution in [3.05, 3.63) is 89.7 Å². The maximum absolute atomic E-state index is 13.3. The van der Waals surface area contributed by atoms with Gasteiger partial charge in [-0.1, -0.05) is 30.3 Å². The number of amides is 1. The van der Waals surface area contributed by atoms with Crippen LogP contribution in [0.15, 0.2) is 82.8 Å².